The summed E-state index contributed by atoms with van der Waals surface area (Å²) in [6.07, 6.45) is 7.74. The molecule has 1 aliphatic heterocycles. The number of likely N-dealkylation sites (tertiary alicyclic amines) is 1. The quantitative estimate of drug-likeness (QED) is 0.702. The molecule has 4 rings (SSSR count). The Balaban J connectivity index is 1.78. The summed E-state index contributed by atoms with van der Waals surface area (Å²) < 4.78 is 0. The van der Waals surface area contributed by atoms with Gasteiger partial charge in [-0.1, -0.05) is 24.3 Å². The highest BCUT2D eigenvalue weighted by molar-refractivity contribution is 5.99. The molecule has 0 spiro atoms. The molecule has 1 nitrogen and oxygen atoms in total. The van der Waals surface area contributed by atoms with E-state index in [-0.39, 0.29) is 0 Å². The van der Waals surface area contributed by atoms with Crippen molar-refractivity contribution in [2.75, 3.05) is 13.1 Å². The zero-order chi connectivity index (χ0) is 11.2. The topological polar surface area (TPSA) is 3.24 Å². The van der Waals surface area contributed by atoms with Crippen LogP contribution >= 0.6 is 0 Å². The van der Waals surface area contributed by atoms with Gasteiger partial charge in [-0.25, -0.2) is 0 Å². The van der Waals surface area contributed by atoms with Crippen LogP contribution in [0.3, 0.4) is 0 Å². The van der Waals surface area contributed by atoms with Crippen molar-refractivity contribution in [3.05, 3.63) is 47.2 Å². The summed E-state index contributed by atoms with van der Waals surface area (Å²) in [6.45, 7) is 2.51. The van der Waals surface area contributed by atoms with Crippen LogP contribution in [0.1, 0.15) is 36.8 Å². The van der Waals surface area contributed by atoms with Crippen molar-refractivity contribution >= 4 is 11.1 Å². The highest BCUT2D eigenvalue weighted by atomic mass is 15.1. The Morgan fingerprint density at radius 1 is 0.882 bits per heavy atom. The number of benzene rings is 1. The van der Waals surface area contributed by atoms with Gasteiger partial charge in [0.15, 0.2) is 0 Å². The molecule has 86 valence electrons. The number of rotatable bonds is 1. The minimum absolute atomic E-state index is 1.17. The molecule has 0 N–H and O–H groups in total. The van der Waals surface area contributed by atoms with Crippen LogP contribution in [0.2, 0.25) is 0 Å². The van der Waals surface area contributed by atoms with E-state index in [0.717, 1.165) is 0 Å². The maximum absolute atomic E-state index is 2.60. The zero-order valence-electron chi connectivity index (χ0n) is 10.1. The van der Waals surface area contributed by atoms with E-state index < -0.39 is 0 Å². The van der Waals surface area contributed by atoms with E-state index in [9.17, 15) is 0 Å². The summed E-state index contributed by atoms with van der Waals surface area (Å²) in [4.78, 5) is 2.60. The molecule has 0 amide bonds. The van der Waals surface area contributed by atoms with Gasteiger partial charge in [0.25, 0.3) is 0 Å². The Morgan fingerprint density at radius 2 is 1.65 bits per heavy atom. The van der Waals surface area contributed by atoms with Crippen molar-refractivity contribution < 1.29 is 0 Å². The minimum Gasteiger partial charge on any atom is -0.371 e. The highest BCUT2D eigenvalue weighted by Gasteiger charge is 2.30. The minimum atomic E-state index is 1.17. The largest absolute Gasteiger partial charge is 0.371 e. The summed E-state index contributed by atoms with van der Waals surface area (Å²) in [6, 6.07) is 8.87. The maximum Gasteiger partial charge on any atom is 0.0411 e. The Hall–Kier alpha value is -1.50. The van der Waals surface area contributed by atoms with Crippen LogP contribution in [0.4, 0.5) is 0 Å². The maximum atomic E-state index is 2.60. The van der Waals surface area contributed by atoms with Crippen LogP contribution in [-0.4, -0.2) is 18.0 Å². The second-order valence-electron chi connectivity index (χ2n) is 5.30. The van der Waals surface area contributed by atoms with Crippen LogP contribution in [0.5, 0.6) is 0 Å². The normalized spacial score (nSPS) is 21.9. The van der Waals surface area contributed by atoms with E-state index >= 15 is 0 Å². The van der Waals surface area contributed by atoms with Crippen molar-refractivity contribution in [2.45, 2.75) is 25.7 Å². The molecule has 2 bridgehead atoms. The van der Waals surface area contributed by atoms with Gasteiger partial charge in [-0.3, -0.25) is 0 Å². The molecule has 17 heavy (non-hydrogen) atoms. The first kappa shape index (κ1) is 9.52. The first-order valence-electron chi connectivity index (χ1n) is 6.72. The van der Waals surface area contributed by atoms with Gasteiger partial charge in [0.05, 0.1) is 0 Å². The van der Waals surface area contributed by atoms with Crippen molar-refractivity contribution in [2.24, 2.45) is 0 Å². The van der Waals surface area contributed by atoms with E-state index in [1.54, 1.807) is 5.57 Å². The third-order valence-electron chi connectivity index (χ3n) is 4.28. The van der Waals surface area contributed by atoms with Gasteiger partial charge in [-0.15, -0.1) is 0 Å². The Kier molecular flexibility index (Phi) is 1.96. The Labute approximate surface area is 102 Å². The van der Waals surface area contributed by atoms with Crippen LogP contribution in [0.15, 0.2) is 36.0 Å². The van der Waals surface area contributed by atoms with Crippen molar-refractivity contribution in [3.8, 4) is 0 Å². The van der Waals surface area contributed by atoms with Gasteiger partial charge in [0.2, 0.25) is 0 Å². The first-order valence-corrected chi connectivity index (χ1v) is 6.72. The average Bonchev–Trinajstić information content (AvgIpc) is 2.99. The monoisotopic (exact) mass is 223 g/mol. The van der Waals surface area contributed by atoms with Gasteiger partial charge < -0.3 is 4.90 Å². The lowest BCUT2D eigenvalue weighted by atomic mass is 10.00. The molecule has 3 aliphatic rings. The fraction of sp³-hybridized carbons (Fsp3) is 0.375. The molecule has 0 radical (unpaired) electrons. The number of hydrogen-bond acceptors (Lipinski definition) is 1. The van der Waals surface area contributed by atoms with Crippen LogP contribution in [0.25, 0.3) is 11.1 Å². The van der Waals surface area contributed by atoms with Crippen LogP contribution < -0.4 is 0 Å². The molecule has 1 saturated heterocycles. The van der Waals surface area contributed by atoms with Crippen molar-refractivity contribution in [1.29, 1.82) is 0 Å². The lowest BCUT2D eigenvalue weighted by Crippen LogP contribution is -2.28. The van der Waals surface area contributed by atoms with Crippen LogP contribution in [0, 0.1) is 0 Å². The molecule has 1 aromatic rings. The van der Waals surface area contributed by atoms with E-state index in [4.69, 9.17) is 0 Å². The van der Waals surface area contributed by atoms with E-state index in [1.165, 1.54) is 61.2 Å². The Morgan fingerprint density at radius 3 is 2.47 bits per heavy atom. The molecule has 2 aliphatic carbocycles. The molecule has 1 heteroatoms. The van der Waals surface area contributed by atoms with Gasteiger partial charge in [0, 0.05) is 25.2 Å². The molecule has 0 saturated carbocycles. The molecule has 0 atom stereocenters. The summed E-state index contributed by atoms with van der Waals surface area (Å²) in [5.41, 5.74) is 7.61. The predicted octanol–water partition coefficient (Wildman–Crippen LogP) is 3.68. The summed E-state index contributed by atoms with van der Waals surface area (Å²) in [5.74, 6) is 0. The Bertz CT molecular complexity index is 530. The molecular weight excluding hydrogens is 206 g/mol. The van der Waals surface area contributed by atoms with E-state index in [2.05, 4.69) is 35.2 Å². The average molecular weight is 223 g/mol. The number of nitrogens with zero attached hydrogens (tertiary/aromatic N) is 1. The smallest absolute Gasteiger partial charge is 0.0411 e. The molecule has 0 unspecified atom stereocenters. The third-order valence-corrected chi connectivity index (χ3v) is 4.28. The highest BCUT2D eigenvalue weighted by Crippen LogP contribution is 2.48. The molecule has 1 heterocycles. The number of allylic oxidation sites excluding steroid dienone is 3. The fourth-order valence-electron chi connectivity index (χ4n) is 3.43. The number of fused-ring (bicyclic) bond motifs is 5. The summed E-state index contributed by atoms with van der Waals surface area (Å²) in [5, 5.41) is 0. The first-order chi connectivity index (χ1) is 8.43. The van der Waals surface area contributed by atoms with Crippen LogP contribution in [-0.2, 0) is 0 Å². The third kappa shape index (κ3) is 1.32. The lowest BCUT2D eigenvalue weighted by molar-refractivity contribution is 0.295. The summed E-state index contributed by atoms with van der Waals surface area (Å²) in [7, 11) is 0. The second kappa shape index (κ2) is 3.49. The predicted molar refractivity (Wildman–Crippen MR) is 71.4 cm³/mol. The molecular formula is C16H17N. The molecule has 1 aromatic carbocycles. The van der Waals surface area contributed by atoms with Gasteiger partial charge in [-0.2, -0.15) is 0 Å². The second-order valence-corrected chi connectivity index (χ2v) is 5.30. The molecule has 0 aromatic heterocycles. The summed E-state index contributed by atoms with van der Waals surface area (Å²) >= 11 is 0. The number of piperidine rings is 1. The van der Waals surface area contributed by atoms with Crippen molar-refractivity contribution in [3.63, 3.8) is 0 Å². The fourth-order valence-corrected chi connectivity index (χ4v) is 3.43. The van der Waals surface area contributed by atoms with E-state index in [1.807, 2.05) is 0 Å². The lowest BCUT2D eigenvalue weighted by Gasteiger charge is -2.31. The zero-order valence-corrected chi connectivity index (χ0v) is 10.1. The molecule has 1 fully saturated rings. The van der Waals surface area contributed by atoms with Gasteiger partial charge in [-0.05, 0) is 47.6 Å². The van der Waals surface area contributed by atoms with Crippen molar-refractivity contribution in [1.82, 2.24) is 4.90 Å². The SMILES string of the molecule is C1=C2CC(=C1N1CCCCC1)c1ccccc12. The van der Waals surface area contributed by atoms with Gasteiger partial charge in [0.1, 0.15) is 0 Å². The van der Waals surface area contributed by atoms with Gasteiger partial charge >= 0.3 is 0 Å². The number of hydrogen-bond donors (Lipinski definition) is 0. The van der Waals surface area contributed by atoms with E-state index in [0.29, 0.717) is 0 Å². The standard InChI is InChI=1S/C16H17N/c1-4-8-17(9-5-1)16-11-12-10-15(16)14-7-3-2-6-13(12)14/h2-3,6-7,11H,1,4-5,8-10H2.